The van der Waals surface area contributed by atoms with E-state index >= 15 is 0 Å². The third-order valence-corrected chi connectivity index (χ3v) is 5.65. The van der Waals surface area contributed by atoms with Gasteiger partial charge in [-0.15, -0.1) is 10.2 Å². The second kappa shape index (κ2) is 8.69. The van der Waals surface area contributed by atoms with Gasteiger partial charge in [0.25, 0.3) is 0 Å². The number of aromatic nitrogens is 3. The van der Waals surface area contributed by atoms with Gasteiger partial charge in [0.2, 0.25) is 11.0 Å². The minimum Gasteiger partial charge on any atom is -0.448 e. The maximum absolute atomic E-state index is 6.31. The maximum atomic E-state index is 6.31. The molecule has 1 aliphatic rings. The lowest BCUT2D eigenvalue weighted by molar-refractivity contribution is 0.225. The van der Waals surface area contributed by atoms with E-state index in [1.165, 1.54) is 5.69 Å². The van der Waals surface area contributed by atoms with E-state index < -0.39 is 0 Å². The van der Waals surface area contributed by atoms with E-state index in [0.717, 1.165) is 35.7 Å². The summed E-state index contributed by atoms with van der Waals surface area (Å²) >= 11 is 1.55. The number of hydrogen-bond donors (Lipinski definition) is 1. The van der Waals surface area contributed by atoms with Crippen LogP contribution >= 0.6 is 11.8 Å². The van der Waals surface area contributed by atoms with Crippen molar-refractivity contribution in [3.8, 4) is 17.1 Å². The highest BCUT2D eigenvalue weighted by atomic mass is 32.2. The summed E-state index contributed by atoms with van der Waals surface area (Å²) in [5.74, 6) is 1.39. The summed E-state index contributed by atoms with van der Waals surface area (Å²) in [5, 5.41) is 12.8. The normalized spacial score (nSPS) is 14.8. The fourth-order valence-electron chi connectivity index (χ4n) is 3.44. The molecule has 0 spiro atoms. The molecule has 0 amide bonds. The number of para-hydroxylation sites is 1. The molecule has 1 atom stereocenters. The highest BCUT2D eigenvalue weighted by Crippen LogP contribution is 2.39. The number of thioether (sulfide) groups is 1. The lowest BCUT2D eigenvalue weighted by Gasteiger charge is -2.23. The van der Waals surface area contributed by atoms with E-state index in [9.17, 15) is 0 Å². The highest BCUT2D eigenvalue weighted by molar-refractivity contribution is 7.99. The van der Waals surface area contributed by atoms with Gasteiger partial charge >= 0.3 is 0 Å². The second-order valence-electron chi connectivity index (χ2n) is 6.63. The van der Waals surface area contributed by atoms with Gasteiger partial charge in [0.1, 0.15) is 0 Å². The lowest BCUT2D eigenvalue weighted by atomic mass is 10.1. The van der Waals surface area contributed by atoms with E-state index in [4.69, 9.17) is 4.74 Å². The molecular formula is C22H25N5OS. The summed E-state index contributed by atoms with van der Waals surface area (Å²) in [6, 6.07) is 16.5. The number of fused-ring (bicyclic) bond motifs is 3. The predicted octanol–water partition coefficient (Wildman–Crippen LogP) is 5.00. The van der Waals surface area contributed by atoms with Crippen molar-refractivity contribution in [2.24, 2.45) is 0 Å². The van der Waals surface area contributed by atoms with Crippen LogP contribution in [0.5, 0.6) is 5.88 Å². The molecular weight excluding hydrogens is 382 g/mol. The molecule has 0 saturated carbocycles. The van der Waals surface area contributed by atoms with Gasteiger partial charge in [-0.3, -0.25) is 0 Å². The topological polar surface area (TPSA) is 63.2 Å². The Morgan fingerprint density at radius 3 is 2.48 bits per heavy atom. The van der Waals surface area contributed by atoms with Crippen molar-refractivity contribution in [2.75, 3.05) is 29.1 Å². The van der Waals surface area contributed by atoms with Crippen molar-refractivity contribution in [1.82, 2.24) is 15.2 Å². The average molecular weight is 408 g/mol. The number of anilines is 2. The van der Waals surface area contributed by atoms with Gasteiger partial charge in [0.15, 0.2) is 11.9 Å². The molecule has 0 fully saturated rings. The standard InChI is InChI=1S/C22H25N5OS/c1-4-27(5-2)16-13-11-15(12-14-16)20-23-18-10-8-7-9-17(18)19-21(28-20)24-22(26-25-19)29-6-3/h7-14,20,23H,4-6H2,1-3H3. The quantitative estimate of drug-likeness (QED) is 0.577. The Bertz CT molecular complexity index is 975. The SMILES string of the molecule is CCSc1nnc2c(n1)OC(c1ccc(N(CC)CC)cc1)Nc1ccccc1-2. The van der Waals surface area contributed by atoms with Crippen molar-refractivity contribution in [2.45, 2.75) is 32.2 Å². The molecule has 1 aromatic heterocycles. The Balaban J connectivity index is 1.72. The average Bonchev–Trinajstić information content (AvgIpc) is 2.92. The molecule has 2 aromatic carbocycles. The van der Waals surface area contributed by atoms with E-state index in [0.29, 0.717) is 16.7 Å². The van der Waals surface area contributed by atoms with Gasteiger partial charge in [-0.2, -0.15) is 4.98 Å². The van der Waals surface area contributed by atoms with Crippen LogP contribution in [0.2, 0.25) is 0 Å². The summed E-state index contributed by atoms with van der Waals surface area (Å²) in [7, 11) is 0. The largest absolute Gasteiger partial charge is 0.448 e. The molecule has 7 heteroatoms. The second-order valence-corrected chi connectivity index (χ2v) is 7.86. The first kappa shape index (κ1) is 19.5. The van der Waals surface area contributed by atoms with E-state index in [2.05, 4.69) is 70.4 Å². The van der Waals surface area contributed by atoms with Crippen molar-refractivity contribution < 1.29 is 4.74 Å². The first-order chi connectivity index (χ1) is 14.2. The Kier molecular flexibility index (Phi) is 5.85. The third kappa shape index (κ3) is 4.00. The molecule has 1 N–H and O–H groups in total. The monoisotopic (exact) mass is 407 g/mol. The third-order valence-electron chi connectivity index (χ3n) is 4.93. The number of ether oxygens (including phenoxy) is 1. The molecule has 29 heavy (non-hydrogen) atoms. The number of nitrogens with zero attached hydrogens (tertiary/aromatic N) is 4. The van der Waals surface area contributed by atoms with Gasteiger partial charge < -0.3 is 15.0 Å². The number of rotatable bonds is 6. The van der Waals surface area contributed by atoms with Crippen LogP contribution in [0.1, 0.15) is 32.6 Å². The molecule has 1 unspecified atom stereocenters. The number of nitrogens with one attached hydrogen (secondary N) is 1. The molecule has 0 bridgehead atoms. The fraction of sp³-hybridized carbons (Fsp3) is 0.318. The summed E-state index contributed by atoms with van der Waals surface area (Å²) in [4.78, 5) is 6.95. The van der Waals surface area contributed by atoms with Crippen molar-refractivity contribution in [3.63, 3.8) is 0 Å². The smallest absolute Gasteiger partial charge is 0.247 e. The molecule has 6 nitrogen and oxygen atoms in total. The van der Waals surface area contributed by atoms with Gasteiger partial charge in [-0.25, -0.2) is 0 Å². The Morgan fingerprint density at radius 2 is 1.76 bits per heavy atom. The van der Waals surface area contributed by atoms with Crippen LogP contribution in [0.4, 0.5) is 11.4 Å². The summed E-state index contributed by atoms with van der Waals surface area (Å²) in [5.41, 5.74) is 4.80. The van der Waals surface area contributed by atoms with Crippen LogP contribution in [0.15, 0.2) is 53.7 Å². The molecule has 4 rings (SSSR count). The zero-order chi connectivity index (χ0) is 20.2. The van der Waals surface area contributed by atoms with Crippen LogP contribution in [0.3, 0.4) is 0 Å². The van der Waals surface area contributed by atoms with Crippen molar-refractivity contribution in [1.29, 1.82) is 0 Å². The lowest BCUT2D eigenvalue weighted by Crippen LogP contribution is -2.22. The van der Waals surface area contributed by atoms with E-state index in [1.807, 2.05) is 24.3 Å². The molecule has 0 radical (unpaired) electrons. The van der Waals surface area contributed by atoms with Gasteiger partial charge in [-0.1, -0.05) is 49.0 Å². The molecule has 1 aliphatic heterocycles. The maximum Gasteiger partial charge on any atom is 0.247 e. The number of benzene rings is 2. The fourth-order valence-corrected chi connectivity index (χ4v) is 3.94. The first-order valence-electron chi connectivity index (χ1n) is 9.98. The highest BCUT2D eigenvalue weighted by Gasteiger charge is 2.26. The van der Waals surface area contributed by atoms with Crippen LogP contribution in [0, 0.1) is 0 Å². The number of hydrogen-bond acceptors (Lipinski definition) is 7. The van der Waals surface area contributed by atoms with Gasteiger partial charge in [0, 0.05) is 35.6 Å². The Morgan fingerprint density at radius 1 is 1.00 bits per heavy atom. The molecule has 150 valence electrons. The minimum absolute atomic E-state index is 0.362. The summed E-state index contributed by atoms with van der Waals surface area (Å²) in [6.07, 6.45) is -0.362. The van der Waals surface area contributed by atoms with E-state index in [-0.39, 0.29) is 6.23 Å². The van der Waals surface area contributed by atoms with Crippen LogP contribution in [-0.2, 0) is 0 Å². The molecule has 3 aromatic rings. The van der Waals surface area contributed by atoms with E-state index in [1.54, 1.807) is 11.8 Å². The van der Waals surface area contributed by atoms with Crippen molar-refractivity contribution in [3.05, 3.63) is 54.1 Å². The minimum atomic E-state index is -0.362. The molecule has 2 heterocycles. The zero-order valence-electron chi connectivity index (χ0n) is 16.9. The van der Waals surface area contributed by atoms with Gasteiger partial charge in [-0.05, 0) is 37.8 Å². The Labute approximate surface area is 175 Å². The molecule has 0 aliphatic carbocycles. The van der Waals surface area contributed by atoms with Crippen LogP contribution in [-0.4, -0.2) is 34.0 Å². The van der Waals surface area contributed by atoms with Crippen LogP contribution < -0.4 is 15.0 Å². The molecule has 0 saturated heterocycles. The summed E-state index contributed by atoms with van der Waals surface area (Å²) < 4.78 is 6.31. The van der Waals surface area contributed by atoms with Gasteiger partial charge in [0.05, 0.1) is 0 Å². The zero-order valence-corrected chi connectivity index (χ0v) is 17.7. The van der Waals surface area contributed by atoms with Crippen LogP contribution in [0.25, 0.3) is 11.3 Å². The van der Waals surface area contributed by atoms with Crippen molar-refractivity contribution >= 4 is 23.1 Å². The Hall–Kier alpha value is -2.80. The summed E-state index contributed by atoms with van der Waals surface area (Å²) in [6.45, 7) is 8.36. The predicted molar refractivity (Wildman–Crippen MR) is 119 cm³/mol. The first-order valence-corrected chi connectivity index (χ1v) is 11.0.